The van der Waals surface area contributed by atoms with Gasteiger partial charge in [0.1, 0.15) is 0 Å². The molecule has 1 amide bonds. The summed E-state index contributed by atoms with van der Waals surface area (Å²) in [5, 5.41) is 12.6. The number of hydrogen-bond donors (Lipinski definition) is 3. The van der Waals surface area contributed by atoms with Gasteiger partial charge in [0.05, 0.1) is 5.75 Å². The van der Waals surface area contributed by atoms with Crippen molar-refractivity contribution in [3.63, 3.8) is 0 Å². The molecule has 3 N–H and O–H groups in total. The number of thioether (sulfide) groups is 1. The number of nitrogens with zero attached hydrogens (tertiary/aromatic N) is 3. The number of benzene rings is 3. The summed E-state index contributed by atoms with van der Waals surface area (Å²) in [6.07, 6.45) is 0. The summed E-state index contributed by atoms with van der Waals surface area (Å²) in [6.45, 7) is 0. The van der Waals surface area contributed by atoms with Crippen molar-refractivity contribution in [3.05, 3.63) is 91.0 Å². The fraction of sp³-hybridized carbons (Fsp3) is 0.0435. The number of hydrazine groups is 1. The normalized spacial score (nSPS) is 10.4. The summed E-state index contributed by atoms with van der Waals surface area (Å²) in [5.74, 6) is 0.614. The Morgan fingerprint density at radius 3 is 2.16 bits per heavy atom. The predicted molar refractivity (Wildman–Crippen MR) is 131 cm³/mol. The van der Waals surface area contributed by atoms with Crippen LogP contribution in [-0.2, 0) is 4.79 Å². The molecule has 0 aliphatic rings. The van der Waals surface area contributed by atoms with Gasteiger partial charge in [0.2, 0.25) is 5.91 Å². The predicted octanol–water partition coefficient (Wildman–Crippen LogP) is 4.04. The molecule has 1 aromatic heterocycles. The molecule has 4 rings (SSSR count). The van der Waals surface area contributed by atoms with Gasteiger partial charge in [-0.15, -0.1) is 10.2 Å². The first-order chi connectivity index (χ1) is 15.7. The van der Waals surface area contributed by atoms with Gasteiger partial charge < -0.3 is 5.32 Å². The molecule has 160 valence electrons. The van der Waals surface area contributed by atoms with Crippen LogP contribution in [0.5, 0.6) is 0 Å². The third-order valence-corrected chi connectivity index (χ3v) is 5.49. The van der Waals surface area contributed by atoms with E-state index in [0.29, 0.717) is 16.1 Å². The lowest BCUT2D eigenvalue weighted by molar-refractivity contribution is -0.119. The van der Waals surface area contributed by atoms with E-state index in [0.717, 1.165) is 16.9 Å². The number of carbonyl (C=O) groups excluding carboxylic acids is 1. The van der Waals surface area contributed by atoms with E-state index in [-0.39, 0.29) is 11.7 Å². The average Bonchev–Trinajstić information content (AvgIpc) is 3.27. The van der Waals surface area contributed by atoms with Crippen LogP contribution in [0.4, 0.5) is 5.69 Å². The van der Waals surface area contributed by atoms with Crippen LogP contribution in [0.15, 0.2) is 96.2 Å². The zero-order valence-electron chi connectivity index (χ0n) is 16.9. The molecule has 0 saturated heterocycles. The van der Waals surface area contributed by atoms with Crippen LogP contribution in [0, 0.1) is 0 Å². The minimum atomic E-state index is -0.240. The number of nitrogens with one attached hydrogen (secondary N) is 3. The smallest absolute Gasteiger partial charge is 0.248 e. The number of carbonyl (C=O) groups is 1. The maximum atomic E-state index is 12.4. The Bertz CT molecular complexity index is 1180. The number of thiocarbonyl (C=S) groups is 1. The SMILES string of the molecule is O=C(CSc1nnc(-c2ccccc2)n1-c1ccccc1)NNC(=S)Nc1ccccc1. The van der Waals surface area contributed by atoms with Crippen LogP contribution in [0.1, 0.15) is 0 Å². The van der Waals surface area contributed by atoms with Crippen molar-refractivity contribution in [1.29, 1.82) is 0 Å². The minimum Gasteiger partial charge on any atom is -0.331 e. The zero-order chi connectivity index (χ0) is 22.2. The maximum absolute atomic E-state index is 12.4. The maximum Gasteiger partial charge on any atom is 0.248 e. The van der Waals surface area contributed by atoms with Crippen LogP contribution in [0.2, 0.25) is 0 Å². The summed E-state index contributed by atoms with van der Waals surface area (Å²) in [7, 11) is 0. The Balaban J connectivity index is 1.41. The quantitative estimate of drug-likeness (QED) is 0.227. The third kappa shape index (κ3) is 5.51. The molecule has 4 aromatic rings. The van der Waals surface area contributed by atoms with Gasteiger partial charge >= 0.3 is 0 Å². The second kappa shape index (κ2) is 10.6. The molecule has 0 aliphatic carbocycles. The third-order valence-electron chi connectivity index (χ3n) is 4.36. The first kappa shape index (κ1) is 21.5. The largest absolute Gasteiger partial charge is 0.331 e. The van der Waals surface area contributed by atoms with Crippen molar-refractivity contribution < 1.29 is 4.79 Å². The van der Waals surface area contributed by atoms with Gasteiger partial charge in [-0.25, -0.2) is 0 Å². The van der Waals surface area contributed by atoms with Crippen LogP contribution < -0.4 is 16.2 Å². The summed E-state index contributed by atoms with van der Waals surface area (Å²) >= 11 is 6.50. The van der Waals surface area contributed by atoms with Crippen molar-refractivity contribution >= 4 is 40.7 Å². The number of anilines is 1. The molecule has 9 heteroatoms. The van der Waals surface area contributed by atoms with Crippen molar-refractivity contribution in [2.45, 2.75) is 5.16 Å². The van der Waals surface area contributed by atoms with E-state index >= 15 is 0 Å². The topological polar surface area (TPSA) is 83.9 Å². The van der Waals surface area contributed by atoms with Gasteiger partial charge in [0, 0.05) is 16.9 Å². The first-order valence-corrected chi connectivity index (χ1v) is 11.2. The van der Waals surface area contributed by atoms with E-state index in [1.807, 2.05) is 95.6 Å². The highest BCUT2D eigenvalue weighted by molar-refractivity contribution is 7.99. The number of amides is 1. The van der Waals surface area contributed by atoms with Crippen molar-refractivity contribution in [1.82, 2.24) is 25.6 Å². The number of hydrogen-bond acceptors (Lipinski definition) is 5. The number of rotatable bonds is 6. The second-order valence-electron chi connectivity index (χ2n) is 6.63. The standard InChI is InChI=1S/C23H20N6OS2/c30-20(25-27-22(31)24-18-12-6-2-7-13-18)16-32-23-28-26-21(17-10-4-1-5-11-17)29(23)19-14-8-3-9-15-19/h1-15H,16H2,(H,25,30)(H2,24,27,31). The molecule has 0 saturated carbocycles. The lowest BCUT2D eigenvalue weighted by Gasteiger charge is -2.12. The fourth-order valence-electron chi connectivity index (χ4n) is 2.92. The highest BCUT2D eigenvalue weighted by Gasteiger charge is 2.17. The summed E-state index contributed by atoms with van der Waals surface area (Å²) < 4.78 is 1.95. The summed E-state index contributed by atoms with van der Waals surface area (Å²) in [6, 6.07) is 29.1. The van der Waals surface area contributed by atoms with Crippen LogP contribution in [0.3, 0.4) is 0 Å². The monoisotopic (exact) mass is 460 g/mol. The fourth-order valence-corrected chi connectivity index (χ4v) is 3.84. The molecule has 7 nitrogen and oxygen atoms in total. The van der Waals surface area contributed by atoms with Crippen molar-refractivity contribution in [2.24, 2.45) is 0 Å². The molecule has 0 bridgehead atoms. The van der Waals surface area contributed by atoms with E-state index in [1.165, 1.54) is 11.8 Å². The molecular weight excluding hydrogens is 440 g/mol. The van der Waals surface area contributed by atoms with Gasteiger partial charge in [-0.2, -0.15) is 0 Å². The molecule has 1 heterocycles. The Hall–Kier alpha value is -3.69. The lowest BCUT2D eigenvalue weighted by atomic mass is 10.2. The molecule has 0 fully saturated rings. The van der Waals surface area contributed by atoms with Crippen LogP contribution in [-0.4, -0.2) is 31.5 Å². The summed E-state index contributed by atoms with van der Waals surface area (Å²) in [4.78, 5) is 12.4. The first-order valence-electron chi connectivity index (χ1n) is 9.80. The minimum absolute atomic E-state index is 0.140. The number of para-hydroxylation sites is 2. The van der Waals surface area contributed by atoms with Gasteiger partial charge in [-0.05, 0) is 36.5 Å². The molecule has 0 atom stereocenters. The van der Waals surface area contributed by atoms with E-state index in [1.54, 1.807) is 0 Å². The second-order valence-corrected chi connectivity index (χ2v) is 7.98. The van der Waals surface area contributed by atoms with Gasteiger partial charge in [0.25, 0.3) is 0 Å². The molecule has 0 spiro atoms. The van der Waals surface area contributed by atoms with E-state index in [2.05, 4.69) is 26.4 Å². The average molecular weight is 461 g/mol. The molecule has 0 radical (unpaired) electrons. The van der Waals surface area contributed by atoms with Crippen LogP contribution in [0.25, 0.3) is 17.1 Å². The van der Waals surface area contributed by atoms with Crippen molar-refractivity contribution in [3.8, 4) is 17.1 Å². The lowest BCUT2D eigenvalue weighted by Crippen LogP contribution is -2.44. The Morgan fingerprint density at radius 1 is 0.844 bits per heavy atom. The molecular formula is C23H20N6OS2. The zero-order valence-corrected chi connectivity index (χ0v) is 18.6. The van der Waals surface area contributed by atoms with Crippen LogP contribution >= 0.6 is 24.0 Å². The highest BCUT2D eigenvalue weighted by Crippen LogP contribution is 2.27. The Morgan fingerprint density at radius 2 is 1.47 bits per heavy atom. The van der Waals surface area contributed by atoms with Gasteiger partial charge in [-0.3, -0.25) is 20.2 Å². The summed E-state index contributed by atoms with van der Waals surface area (Å²) in [5.41, 5.74) is 8.01. The molecule has 32 heavy (non-hydrogen) atoms. The van der Waals surface area contributed by atoms with Gasteiger partial charge in [-0.1, -0.05) is 78.5 Å². The Labute approximate surface area is 195 Å². The molecule has 3 aromatic carbocycles. The molecule has 0 aliphatic heterocycles. The number of aromatic nitrogens is 3. The Kier molecular flexibility index (Phi) is 7.11. The van der Waals surface area contributed by atoms with E-state index < -0.39 is 0 Å². The van der Waals surface area contributed by atoms with Crippen molar-refractivity contribution in [2.75, 3.05) is 11.1 Å². The van der Waals surface area contributed by atoms with Gasteiger partial charge in [0.15, 0.2) is 16.1 Å². The highest BCUT2D eigenvalue weighted by atomic mass is 32.2. The van der Waals surface area contributed by atoms with E-state index in [4.69, 9.17) is 12.2 Å². The molecule has 0 unspecified atom stereocenters. The van der Waals surface area contributed by atoms with E-state index in [9.17, 15) is 4.79 Å².